The molecule has 21 heavy (non-hydrogen) atoms. The van der Waals surface area contributed by atoms with E-state index in [-0.39, 0.29) is 11.7 Å². The molecule has 4 heteroatoms. The van der Waals surface area contributed by atoms with Gasteiger partial charge in [-0.25, -0.2) is 0 Å². The van der Waals surface area contributed by atoms with Crippen molar-refractivity contribution in [2.75, 3.05) is 32.8 Å². The van der Waals surface area contributed by atoms with Crippen molar-refractivity contribution >= 4 is 0 Å². The molecule has 0 spiro atoms. The fraction of sp³-hybridized carbons (Fsp3) is 0.647. The minimum atomic E-state index is -0.103. The number of hydrogen-bond acceptors (Lipinski definition) is 4. The Bertz CT molecular complexity index is 502. The molecule has 2 aliphatic rings. The van der Waals surface area contributed by atoms with Crippen LogP contribution in [-0.2, 0) is 17.6 Å². The van der Waals surface area contributed by atoms with Crippen LogP contribution >= 0.6 is 0 Å². The summed E-state index contributed by atoms with van der Waals surface area (Å²) in [5.41, 5.74) is 8.44. The Morgan fingerprint density at radius 2 is 2.24 bits per heavy atom. The van der Waals surface area contributed by atoms with Crippen LogP contribution in [0.5, 0.6) is 5.75 Å². The van der Waals surface area contributed by atoms with Crippen molar-refractivity contribution < 1.29 is 9.47 Å². The molecule has 2 aliphatic heterocycles. The monoisotopic (exact) mass is 290 g/mol. The molecular weight excluding hydrogens is 264 g/mol. The summed E-state index contributed by atoms with van der Waals surface area (Å²) < 4.78 is 11.5. The summed E-state index contributed by atoms with van der Waals surface area (Å²) in [6.07, 6.45) is 2.27. The number of nitrogens with zero attached hydrogens (tertiary/aromatic N) is 1. The number of nitrogens with two attached hydrogens (primary N) is 1. The van der Waals surface area contributed by atoms with Crippen LogP contribution in [0.25, 0.3) is 0 Å². The minimum absolute atomic E-state index is 0.103. The van der Waals surface area contributed by atoms with Gasteiger partial charge in [0.15, 0.2) is 0 Å². The molecular formula is C17H26N2O2. The topological polar surface area (TPSA) is 47.7 Å². The molecule has 1 unspecified atom stereocenters. The summed E-state index contributed by atoms with van der Waals surface area (Å²) in [5, 5.41) is 0. The van der Waals surface area contributed by atoms with Crippen molar-refractivity contribution in [3.63, 3.8) is 0 Å². The Morgan fingerprint density at radius 1 is 1.38 bits per heavy atom. The average Bonchev–Trinajstić information content (AvgIpc) is 2.91. The molecule has 1 aromatic carbocycles. The van der Waals surface area contributed by atoms with Gasteiger partial charge in [-0.3, -0.25) is 4.90 Å². The molecule has 0 amide bonds. The standard InChI is InChI=1S/C17H26N2O2/c1-17(2)12-19(11-15(10-18)21-17)7-5-13-3-4-16-14(9-13)6-8-20-16/h3-4,9,15H,5-8,10-12,18H2,1-2H3. The molecule has 1 fully saturated rings. The predicted octanol–water partition coefficient (Wildman–Crippen LogP) is 1.60. The van der Waals surface area contributed by atoms with Crippen molar-refractivity contribution in [3.05, 3.63) is 29.3 Å². The van der Waals surface area contributed by atoms with Gasteiger partial charge in [0.25, 0.3) is 0 Å². The van der Waals surface area contributed by atoms with E-state index in [0.29, 0.717) is 6.54 Å². The first-order valence-corrected chi connectivity index (χ1v) is 7.90. The molecule has 4 nitrogen and oxygen atoms in total. The molecule has 1 aromatic rings. The fourth-order valence-electron chi connectivity index (χ4n) is 3.39. The second kappa shape index (κ2) is 5.95. The normalized spacial score (nSPS) is 24.6. The molecule has 3 rings (SSSR count). The third-order valence-corrected chi connectivity index (χ3v) is 4.29. The molecule has 0 saturated carbocycles. The first kappa shape index (κ1) is 14.8. The van der Waals surface area contributed by atoms with Crippen molar-refractivity contribution in [1.29, 1.82) is 0 Å². The lowest BCUT2D eigenvalue weighted by Crippen LogP contribution is -2.55. The maximum Gasteiger partial charge on any atom is 0.122 e. The third kappa shape index (κ3) is 3.57. The molecule has 0 radical (unpaired) electrons. The minimum Gasteiger partial charge on any atom is -0.493 e. The van der Waals surface area contributed by atoms with E-state index >= 15 is 0 Å². The Hall–Kier alpha value is -1.10. The van der Waals surface area contributed by atoms with Gasteiger partial charge in [-0.1, -0.05) is 12.1 Å². The first-order valence-electron chi connectivity index (χ1n) is 7.90. The lowest BCUT2D eigenvalue weighted by Gasteiger charge is -2.42. The number of morpholine rings is 1. The zero-order chi connectivity index (χ0) is 14.9. The summed E-state index contributed by atoms with van der Waals surface area (Å²) >= 11 is 0. The van der Waals surface area contributed by atoms with Gasteiger partial charge in [0.1, 0.15) is 5.75 Å². The van der Waals surface area contributed by atoms with Gasteiger partial charge in [-0.05, 0) is 37.5 Å². The van der Waals surface area contributed by atoms with E-state index in [1.54, 1.807) is 0 Å². The van der Waals surface area contributed by atoms with Crippen LogP contribution in [0.1, 0.15) is 25.0 Å². The van der Waals surface area contributed by atoms with Gasteiger partial charge < -0.3 is 15.2 Å². The third-order valence-electron chi connectivity index (χ3n) is 4.29. The van der Waals surface area contributed by atoms with Gasteiger partial charge in [0.05, 0.1) is 18.3 Å². The van der Waals surface area contributed by atoms with Gasteiger partial charge in [0.2, 0.25) is 0 Å². The molecule has 1 atom stereocenters. The summed E-state index contributed by atoms with van der Waals surface area (Å²) in [5.74, 6) is 1.06. The Labute approximate surface area is 127 Å². The second-order valence-corrected chi connectivity index (χ2v) is 6.76. The van der Waals surface area contributed by atoms with E-state index in [1.807, 2.05) is 0 Å². The quantitative estimate of drug-likeness (QED) is 0.915. The number of hydrogen-bond donors (Lipinski definition) is 1. The molecule has 0 aliphatic carbocycles. The van der Waals surface area contributed by atoms with Crippen LogP contribution in [0, 0.1) is 0 Å². The van der Waals surface area contributed by atoms with E-state index in [2.05, 4.69) is 36.9 Å². The smallest absolute Gasteiger partial charge is 0.122 e. The Balaban J connectivity index is 1.59. The van der Waals surface area contributed by atoms with Crippen LogP contribution < -0.4 is 10.5 Å². The van der Waals surface area contributed by atoms with Gasteiger partial charge in [-0.15, -0.1) is 0 Å². The van der Waals surface area contributed by atoms with E-state index in [1.165, 1.54) is 11.1 Å². The number of ether oxygens (including phenoxy) is 2. The molecule has 0 aromatic heterocycles. The Kier molecular flexibility index (Phi) is 4.20. The second-order valence-electron chi connectivity index (χ2n) is 6.76. The zero-order valence-electron chi connectivity index (χ0n) is 13.1. The van der Waals surface area contributed by atoms with E-state index < -0.39 is 0 Å². The van der Waals surface area contributed by atoms with Crippen LogP contribution in [0.3, 0.4) is 0 Å². The fourth-order valence-corrected chi connectivity index (χ4v) is 3.39. The highest BCUT2D eigenvalue weighted by Crippen LogP contribution is 2.26. The van der Waals surface area contributed by atoms with Crippen molar-refractivity contribution in [1.82, 2.24) is 4.90 Å². The first-order chi connectivity index (χ1) is 10.1. The maximum atomic E-state index is 5.98. The average molecular weight is 290 g/mol. The maximum absolute atomic E-state index is 5.98. The van der Waals surface area contributed by atoms with Gasteiger partial charge in [-0.2, -0.15) is 0 Å². The van der Waals surface area contributed by atoms with Crippen LogP contribution in [0.2, 0.25) is 0 Å². The number of benzene rings is 1. The molecule has 2 heterocycles. The SMILES string of the molecule is CC1(C)CN(CCc2ccc3c(c2)CCO3)CC(CN)O1. The summed E-state index contributed by atoms with van der Waals surface area (Å²) in [6.45, 7) is 8.68. The van der Waals surface area contributed by atoms with Crippen molar-refractivity contribution in [3.8, 4) is 5.75 Å². The van der Waals surface area contributed by atoms with E-state index in [4.69, 9.17) is 15.2 Å². The van der Waals surface area contributed by atoms with E-state index in [9.17, 15) is 0 Å². The van der Waals surface area contributed by atoms with Crippen LogP contribution in [-0.4, -0.2) is 49.4 Å². The summed E-state index contributed by atoms with van der Waals surface area (Å²) in [7, 11) is 0. The van der Waals surface area contributed by atoms with Gasteiger partial charge in [0, 0.05) is 32.6 Å². The summed E-state index contributed by atoms with van der Waals surface area (Å²) in [6, 6.07) is 6.61. The molecule has 116 valence electrons. The molecule has 1 saturated heterocycles. The highest BCUT2D eigenvalue weighted by atomic mass is 16.5. The molecule has 2 N–H and O–H groups in total. The summed E-state index contributed by atoms with van der Waals surface area (Å²) in [4.78, 5) is 2.48. The lowest BCUT2D eigenvalue weighted by molar-refractivity contribution is -0.131. The van der Waals surface area contributed by atoms with E-state index in [0.717, 1.165) is 44.8 Å². The Morgan fingerprint density at radius 3 is 3.05 bits per heavy atom. The van der Waals surface area contributed by atoms with Gasteiger partial charge >= 0.3 is 0 Å². The lowest BCUT2D eigenvalue weighted by atomic mass is 10.0. The zero-order valence-corrected chi connectivity index (χ0v) is 13.1. The van der Waals surface area contributed by atoms with Crippen LogP contribution in [0.15, 0.2) is 18.2 Å². The van der Waals surface area contributed by atoms with Crippen molar-refractivity contribution in [2.45, 2.75) is 38.4 Å². The predicted molar refractivity (Wildman–Crippen MR) is 83.8 cm³/mol. The highest BCUT2D eigenvalue weighted by Gasteiger charge is 2.32. The number of rotatable bonds is 4. The molecule has 0 bridgehead atoms. The van der Waals surface area contributed by atoms with Crippen LogP contribution in [0.4, 0.5) is 0 Å². The van der Waals surface area contributed by atoms with Crippen molar-refractivity contribution in [2.24, 2.45) is 5.73 Å². The highest BCUT2D eigenvalue weighted by molar-refractivity contribution is 5.39. The number of fused-ring (bicyclic) bond motifs is 1. The largest absolute Gasteiger partial charge is 0.493 e.